The standard InChI is InChI=1S/C14H22ClN/c1-9(2)10(3)11-7-13(15)16-8-12(11)14(4,5)6/h7-10H,1-6H3. The van der Waals surface area contributed by atoms with E-state index >= 15 is 0 Å². The van der Waals surface area contributed by atoms with Gasteiger partial charge in [0, 0.05) is 6.20 Å². The van der Waals surface area contributed by atoms with Gasteiger partial charge in [0.25, 0.3) is 0 Å². The molecule has 0 radical (unpaired) electrons. The molecular formula is C14H22ClN. The summed E-state index contributed by atoms with van der Waals surface area (Å²) in [6, 6.07) is 2.02. The van der Waals surface area contributed by atoms with Gasteiger partial charge in [-0.25, -0.2) is 4.98 Å². The van der Waals surface area contributed by atoms with Gasteiger partial charge in [-0.05, 0) is 34.4 Å². The summed E-state index contributed by atoms with van der Waals surface area (Å²) in [5, 5.41) is 0.593. The van der Waals surface area contributed by atoms with Crippen molar-refractivity contribution in [1.82, 2.24) is 4.98 Å². The molecular weight excluding hydrogens is 218 g/mol. The first-order chi connectivity index (χ1) is 7.23. The fourth-order valence-electron chi connectivity index (χ4n) is 1.81. The Kier molecular flexibility index (Phi) is 4.01. The molecule has 16 heavy (non-hydrogen) atoms. The molecule has 1 unspecified atom stereocenters. The molecule has 1 aromatic heterocycles. The van der Waals surface area contributed by atoms with Gasteiger partial charge < -0.3 is 0 Å². The number of rotatable bonds is 2. The van der Waals surface area contributed by atoms with E-state index in [-0.39, 0.29) is 5.41 Å². The van der Waals surface area contributed by atoms with Crippen LogP contribution >= 0.6 is 11.6 Å². The summed E-state index contributed by atoms with van der Waals surface area (Å²) >= 11 is 6.00. The van der Waals surface area contributed by atoms with E-state index in [4.69, 9.17) is 11.6 Å². The molecule has 1 heterocycles. The molecule has 0 amide bonds. The molecule has 1 nitrogen and oxygen atoms in total. The van der Waals surface area contributed by atoms with Crippen molar-refractivity contribution in [2.75, 3.05) is 0 Å². The van der Waals surface area contributed by atoms with E-state index in [0.29, 0.717) is 17.0 Å². The third kappa shape index (κ3) is 2.98. The molecule has 0 aliphatic heterocycles. The lowest BCUT2D eigenvalue weighted by Gasteiger charge is -2.27. The van der Waals surface area contributed by atoms with Crippen molar-refractivity contribution < 1.29 is 0 Å². The quantitative estimate of drug-likeness (QED) is 0.676. The normalized spacial score (nSPS) is 14.2. The second-order valence-electron chi connectivity index (χ2n) is 5.88. The maximum atomic E-state index is 6.00. The van der Waals surface area contributed by atoms with Crippen LogP contribution in [0.2, 0.25) is 5.15 Å². The molecule has 0 saturated heterocycles. The molecule has 1 rings (SSSR count). The molecule has 1 aromatic rings. The van der Waals surface area contributed by atoms with E-state index in [9.17, 15) is 0 Å². The Balaban J connectivity index is 3.29. The number of hydrogen-bond acceptors (Lipinski definition) is 1. The molecule has 0 bridgehead atoms. The molecule has 0 saturated carbocycles. The van der Waals surface area contributed by atoms with Crippen LogP contribution < -0.4 is 0 Å². The van der Waals surface area contributed by atoms with Crippen LogP contribution in [-0.2, 0) is 5.41 Å². The molecule has 1 atom stereocenters. The molecule has 0 aliphatic carbocycles. The van der Waals surface area contributed by atoms with Gasteiger partial charge in [0.05, 0.1) is 0 Å². The minimum atomic E-state index is 0.121. The minimum absolute atomic E-state index is 0.121. The Hall–Kier alpha value is -0.560. The van der Waals surface area contributed by atoms with E-state index in [2.05, 4.69) is 46.5 Å². The Morgan fingerprint density at radius 1 is 1.19 bits per heavy atom. The van der Waals surface area contributed by atoms with E-state index < -0.39 is 0 Å². The number of halogens is 1. The second kappa shape index (κ2) is 4.75. The van der Waals surface area contributed by atoms with Crippen molar-refractivity contribution in [1.29, 1.82) is 0 Å². The lowest BCUT2D eigenvalue weighted by atomic mass is 9.79. The monoisotopic (exact) mass is 239 g/mol. The average Bonchev–Trinajstić information content (AvgIpc) is 2.14. The first kappa shape index (κ1) is 13.5. The largest absolute Gasteiger partial charge is 0.244 e. The molecule has 2 heteroatoms. The highest BCUT2D eigenvalue weighted by Gasteiger charge is 2.23. The Bertz CT molecular complexity index is 363. The summed E-state index contributed by atoms with van der Waals surface area (Å²) in [4.78, 5) is 4.21. The van der Waals surface area contributed by atoms with Crippen LogP contribution in [0.4, 0.5) is 0 Å². The number of hydrogen-bond donors (Lipinski definition) is 0. The maximum absolute atomic E-state index is 6.00. The Morgan fingerprint density at radius 3 is 2.19 bits per heavy atom. The van der Waals surface area contributed by atoms with E-state index in [1.807, 2.05) is 12.3 Å². The van der Waals surface area contributed by atoms with Crippen LogP contribution in [0.15, 0.2) is 12.3 Å². The van der Waals surface area contributed by atoms with Gasteiger partial charge in [-0.15, -0.1) is 0 Å². The molecule has 0 spiro atoms. The van der Waals surface area contributed by atoms with Crippen LogP contribution in [-0.4, -0.2) is 4.98 Å². The molecule has 0 aromatic carbocycles. The Labute approximate surface area is 104 Å². The van der Waals surface area contributed by atoms with Crippen LogP contribution in [0.25, 0.3) is 0 Å². The summed E-state index contributed by atoms with van der Waals surface area (Å²) in [5.74, 6) is 1.12. The molecule has 90 valence electrons. The lowest BCUT2D eigenvalue weighted by Crippen LogP contribution is -2.17. The molecule has 0 aliphatic rings. The maximum Gasteiger partial charge on any atom is 0.129 e. The van der Waals surface area contributed by atoms with Gasteiger partial charge in [0.2, 0.25) is 0 Å². The topological polar surface area (TPSA) is 12.9 Å². The summed E-state index contributed by atoms with van der Waals surface area (Å²) in [6.45, 7) is 13.4. The highest BCUT2D eigenvalue weighted by Crippen LogP contribution is 2.34. The van der Waals surface area contributed by atoms with Crippen molar-refractivity contribution in [3.8, 4) is 0 Å². The highest BCUT2D eigenvalue weighted by molar-refractivity contribution is 6.29. The summed E-state index contributed by atoms with van der Waals surface area (Å²) in [6.07, 6.45) is 1.93. The first-order valence-corrected chi connectivity index (χ1v) is 6.27. The second-order valence-corrected chi connectivity index (χ2v) is 6.26. The van der Waals surface area contributed by atoms with Gasteiger partial charge in [-0.2, -0.15) is 0 Å². The fourth-order valence-corrected chi connectivity index (χ4v) is 1.97. The van der Waals surface area contributed by atoms with E-state index in [1.54, 1.807) is 0 Å². The average molecular weight is 240 g/mol. The van der Waals surface area contributed by atoms with Crippen molar-refractivity contribution in [3.63, 3.8) is 0 Å². The Morgan fingerprint density at radius 2 is 1.75 bits per heavy atom. The number of pyridine rings is 1. The smallest absolute Gasteiger partial charge is 0.129 e. The zero-order chi connectivity index (χ0) is 12.5. The molecule has 0 fully saturated rings. The van der Waals surface area contributed by atoms with Crippen LogP contribution in [0.5, 0.6) is 0 Å². The van der Waals surface area contributed by atoms with E-state index in [0.717, 1.165) is 0 Å². The van der Waals surface area contributed by atoms with Gasteiger partial charge >= 0.3 is 0 Å². The highest BCUT2D eigenvalue weighted by atomic mass is 35.5. The SMILES string of the molecule is CC(C)C(C)c1cc(Cl)ncc1C(C)(C)C. The third-order valence-electron chi connectivity index (χ3n) is 3.20. The predicted octanol–water partition coefficient (Wildman–Crippen LogP) is 4.79. The minimum Gasteiger partial charge on any atom is -0.244 e. The van der Waals surface area contributed by atoms with Crippen molar-refractivity contribution >= 4 is 11.6 Å². The summed E-state index contributed by atoms with van der Waals surface area (Å²) in [7, 11) is 0. The zero-order valence-electron chi connectivity index (χ0n) is 11.1. The van der Waals surface area contributed by atoms with Crippen LogP contribution in [0, 0.1) is 5.92 Å². The number of aromatic nitrogens is 1. The number of nitrogens with zero attached hydrogens (tertiary/aromatic N) is 1. The summed E-state index contributed by atoms with van der Waals surface area (Å²) < 4.78 is 0. The van der Waals surface area contributed by atoms with Crippen molar-refractivity contribution in [3.05, 3.63) is 28.5 Å². The van der Waals surface area contributed by atoms with Crippen LogP contribution in [0.3, 0.4) is 0 Å². The van der Waals surface area contributed by atoms with Crippen molar-refractivity contribution in [2.45, 2.75) is 52.9 Å². The van der Waals surface area contributed by atoms with E-state index in [1.165, 1.54) is 11.1 Å². The van der Waals surface area contributed by atoms with Gasteiger partial charge in [-0.3, -0.25) is 0 Å². The molecule has 0 N–H and O–H groups in total. The first-order valence-electron chi connectivity index (χ1n) is 5.89. The lowest BCUT2D eigenvalue weighted by molar-refractivity contribution is 0.508. The third-order valence-corrected chi connectivity index (χ3v) is 3.41. The summed E-state index contributed by atoms with van der Waals surface area (Å²) in [5.41, 5.74) is 2.76. The van der Waals surface area contributed by atoms with Crippen molar-refractivity contribution in [2.24, 2.45) is 5.92 Å². The fraction of sp³-hybridized carbons (Fsp3) is 0.643. The zero-order valence-corrected chi connectivity index (χ0v) is 11.9. The van der Waals surface area contributed by atoms with Gasteiger partial charge in [-0.1, -0.05) is 53.1 Å². The predicted molar refractivity (Wildman–Crippen MR) is 71.2 cm³/mol. The van der Waals surface area contributed by atoms with Crippen LogP contribution in [0.1, 0.15) is 58.6 Å². The van der Waals surface area contributed by atoms with Gasteiger partial charge in [0.15, 0.2) is 0 Å². The van der Waals surface area contributed by atoms with Gasteiger partial charge in [0.1, 0.15) is 5.15 Å².